The summed E-state index contributed by atoms with van der Waals surface area (Å²) in [6.45, 7) is 0. The Bertz CT molecular complexity index is 716. The van der Waals surface area contributed by atoms with E-state index in [1.165, 1.54) is 23.8 Å². The van der Waals surface area contributed by atoms with Crippen LogP contribution in [-0.2, 0) is 17.6 Å². The van der Waals surface area contributed by atoms with Gasteiger partial charge in [0.1, 0.15) is 0 Å². The summed E-state index contributed by atoms with van der Waals surface area (Å²) in [6, 6.07) is 5.16. The number of nitrogens with zero attached hydrogens (tertiary/aromatic N) is 1. The van der Waals surface area contributed by atoms with Gasteiger partial charge in [0.05, 0.1) is 5.69 Å². The molecule has 22 heavy (non-hydrogen) atoms. The molecule has 1 aliphatic carbocycles. The van der Waals surface area contributed by atoms with Crippen LogP contribution in [0.1, 0.15) is 29.0 Å². The standard InChI is InChI=1S/C16H14Cl2N2OS/c17-11-7-5-10(12(18)9-11)6-8-15(21)20-16-19-13-3-1-2-4-14(13)22-16/h5-9H,1-4H2,(H,19,20,21). The van der Waals surface area contributed by atoms with Gasteiger partial charge in [0.2, 0.25) is 5.91 Å². The molecule has 6 heteroatoms. The highest BCUT2D eigenvalue weighted by atomic mass is 35.5. The smallest absolute Gasteiger partial charge is 0.250 e. The zero-order valence-corrected chi connectivity index (χ0v) is 14.1. The number of hydrogen-bond acceptors (Lipinski definition) is 3. The fraction of sp³-hybridized carbons (Fsp3) is 0.250. The molecule has 3 rings (SSSR count). The van der Waals surface area contributed by atoms with Crippen molar-refractivity contribution in [3.8, 4) is 0 Å². The quantitative estimate of drug-likeness (QED) is 0.791. The van der Waals surface area contributed by atoms with E-state index in [9.17, 15) is 4.79 Å². The molecule has 3 nitrogen and oxygen atoms in total. The minimum Gasteiger partial charge on any atom is -0.298 e. The van der Waals surface area contributed by atoms with Crippen molar-refractivity contribution in [3.05, 3.63) is 50.5 Å². The normalized spacial score (nSPS) is 14.1. The summed E-state index contributed by atoms with van der Waals surface area (Å²) in [7, 11) is 0. The molecule has 1 N–H and O–H groups in total. The molecule has 2 aromatic rings. The third kappa shape index (κ3) is 3.69. The number of nitrogens with one attached hydrogen (secondary N) is 1. The van der Waals surface area contributed by atoms with E-state index in [2.05, 4.69) is 10.3 Å². The lowest BCUT2D eigenvalue weighted by Gasteiger charge is -2.06. The number of carbonyl (C=O) groups excluding carboxylic acids is 1. The van der Waals surface area contributed by atoms with Crippen LogP contribution in [0.25, 0.3) is 6.08 Å². The van der Waals surface area contributed by atoms with E-state index in [0.29, 0.717) is 15.2 Å². The van der Waals surface area contributed by atoms with Crippen molar-refractivity contribution in [1.82, 2.24) is 4.98 Å². The molecule has 1 aromatic carbocycles. The summed E-state index contributed by atoms with van der Waals surface area (Å²) < 4.78 is 0. The second-order valence-electron chi connectivity index (χ2n) is 5.08. The van der Waals surface area contributed by atoms with E-state index < -0.39 is 0 Å². The number of halogens is 2. The van der Waals surface area contributed by atoms with Crippen LogP contribution in [0.4, 0.5) is 5.13 Å². The van der Waals surface area contributed by atoms with Gasteiger partial charge in [-0.05, 0) is 49.5 Å². The van der Waals surface area contributed by atoms with Crippen LogP contribution in [-0.4, -0.2) is 10.9 Å². The Balaban J connectivity index is 1.67. The number of anilines is 1. The van der Waals surface area contributed by atoms with E-state index in [1.807, 2.05) is 0 Å². The summed E-state index contributed by atoms with van der Waals surface area (Å²) >= 11 is 13.5. The number of rotatable bonds is 3. The van der Waals surface area contributed by atoms with Crippen molar-refractivity contribution in [2.75, 3.05) is 5.32 Å². The molecular weight excluding hydrogens is 339 g/mol. The second kappa shape index (κ2) is 6.82. The van der Waals surface area contributed by atoms with Crippen LogP contribution in [0.3, 0.4) is 0 Å². The fourth-order valence-electron chi connectivity index (χ4n) is 2.35. The molecule has 0 unspecified atom stereocenters. The summed E-state index contributed by atoms with van der Waals surface area (Å²) in [6.07, 6.45) is 7.59. The number of carbonyl (C=O) groups is 1. The number of thiazole rings is 1. The molecule has 0 spiro atoms. The van der Waals surface area contributed by atoms with Gasteiger partial charge in [-0.3, -0.25) is 10.1 Å². The van der Waals surface area contributed by atoms with Crippen LogP contribution in [0.15, 0.2) is 24.3 Å². The SMILES string of the molecule is O=C(C=Cc1ccc(Cl)cc1Cl)Nc1nc2c(s1)CCCC2. The zero-order valence-electron chi connectivity index (χ0n) is 11.7. The predicted molar refractivity (Wildman–Crippen MR) is 92.9 cm³/mol. The number of hydrogen-bond donors (Lipinski definition) is 1. The molecule has 0 bridgehead atoms. The molecule has 0 fully saturated rings. The van der Waals surface area contributed by atoms with Crippen LogP contribution in [0, 0.1) is 0 Å². The average Bonchev–Trinajstić information content (AvgIpc) is 2.88. The highest BCUT2D eigenvalue weighted by Crippen LogP contribution is 2.29. The number of amides is 1. The first-order valence-corrected chi connectivity index (χ1v) is 8.62. The lowest BCUT2D eigenvalue weighted by atomic mass is 10.0. The summed E-state index contributed by atoms with van der Waals surface area (Å²) in [5, 5.41) is 4.57. The highest BCUT2D eigenvalue weighted by molar-refractivity contribution is 7.15. The molecule has 1 amide bonds. The highest BCUT2D eigenvalue weighted by Gasteiger charge is 2.15. The molecule has 1 aliphatic rings. The largest absolute Gasteiger partial charge is 0.298 e. The molecule has 114 valence electrons. The Morgan fingerprint density at radius 3 is 2.86 bits per heavy atom. The van der Waals surface area contributed by atoms with Crippen molar-refractivity contribution in [3.63, 3.8) is 0 Å². The van der Waals surface area contributed by atoms with Gasteiger partial charge < -0.3 is 0 Å². The Labute approximate surface area is 143 Å². The van der Waals surface area contributed by atoms with E-state index in [1.54, 1.807) is 35.6 Å². The van der Waals surface area contributed by atoms with E-state index >= 15 is 0 Å². The third-order valence-corrected chi connectivity index (χ3v) is 5.09. The first-order chi connectivity index (χ1) is 10.6. The Hall–Kier alpha value is -1.36. The van der Waals surface area contributed by atoms with Gasteiger partial charge in [0.15, 0.2) is 5.13 Å². The van der Waals surface area contributed by atoms with Gasteiger partial charge in [0.25, 0.3) is 0 Å². The first kappa shape index (κ1) is 15.5. The molecular formula is C16H14Cl2N2OS. The predicted octanol–water partition coefficient (Wildman–Crippen LogP) is 4.98. The van der Waals surface area contributed by atoms with Crippen molar-refractivity contribution < 1.29 is 4.79 Å². The second-order valence-corrected chi connectivity index (χ2v) is 7.01. The van der Waals surface area contributed by atoms with Gasteiger partial charge in [-0.15, -0.1) is 11.3 Å². The molecule has 0 atom stereocenters. The van der Waals surface area contributed by atoms with E-state index in [0.717, 1.165) is 24.1 Å². The number of benzene rings is 1. The Kier molecular flexibility index (Phi) is 4.81. The van der Waals surface area contributed by atoms with Gasteiger partial charge in [-0.1, -0.05) is 29.3 Å². The fourth-order valence-corrected chi connectivity index (χ4v) is 3.88. The molecule has 0 aliphatic heterocycles. The monoisotopic (exact) mass is 352 g/mol. The van der Waals surface area contributed by atoms with Gasteiger partial charge in [-0.2, -0.15) is 0 Å². The average molecular weight is 353 g/mol. The maximum Gasteiger partial charge on any atom is 0.250 e. The topological polar surface area (TPSA) is 42.0 Å². The summed E-state index contributed by atoms with van der Waals surface area (Å²) in [4.78, 5) is 17.8. The lowest BCUT2D eigenvalue weighted by molar-refractivity contribution is -0.111. The first-order valence-electron chi connectivity index (χ1n) is 7.04. The van der Waals surface area contributed by atoms with Gasteiger partial charge in [0, 0.05) is 21.0 Å². The Morgan fingerprint density at radius 1 is 1.27 bits per heavy atom. The van der Waals surface area contributed by atoms with Gasteiger partial charge in [-0.25, -0.2) is 4.98 Å². The van der Waals surface area contributed by atoms with Crippen LogP contribution >= 0.6 is 34.5 Å². The van der Waals surface area contributed by atoms with Crippen LogP contribution in [0.5, 0.6) is 0 Å². The van der Waals surface area contributed by atoms with Gasteiger partial charge >= 0.3 is 0 Å². The number of fused-ring (bicyclic) bond motifs is 1. The molecule has 1 heterocycles. The Morgan fingerprint density at radius 2 is 2.09 bits per heavy atom. The lowest BCUT2D eigenvalue weighted by Crippen LogP contribution is -2.07. The number of aromatic nitrogens is 1. The minimum atomic E-state index is -0.211. The van der Waals surface area contributed by atoms with Crippen molar-refractivity contribution in [1.29, 1.82) is 0 Å². The molecule has 0 saturated heterocycles. The molecule has 1 aromatic heterocycles. The summed E-state index contributed by atoms with van der Waals surface area (Å²) in [5.74, 6) is -0.211. The van der Waals surface area contributed by atoms with E-state index in [-0.39, 0.29) is 5.91 Å². The molecule has 0 radical (unpaired) electrons. The number of aryl methyl sites for hydroxylation is 2. The summed E-state index contributed by atoms with van der Waals surface area (Å²) in [5.41, 5.74) is 1.89. The van der Waals surface area contributed by atoms with Crippen molar-refractivity contribution in [2.45, 2.75) is 25.7 Å². The van der Waals surface area contributed by atoms with Crippen LogP contribution < -0.4 is 5.32 Å². The van der Waals surface area contributed by atoms with Crippen LogP contribution in [0.2, 0.25) is 10.0 Å². The maximum atomic E-state index is 12.0. The van der Waals surface area contributed by atoms with Crippen molar-refractivity contribution >= 4 is 51.7 Å². The van der Waals surface area contributed by atoms with E-state index in [4.69, 9.17) is 23.2 Å². The third-order valence-electron chi connectivity index (χ3n) is 3.45. The zero-order chi connectivity index (χ0) is 15.5. The van der Waals surface area contributed by atoms with Crippen molar-refractivity contribution in [2.24, 2.45) is 0 Å². The minimum absolute atomic E-state index is 0.211. The molecule has 0 saturated carbocycles. The maximum absolute atomic E-state index is 12.0.